The van der Waals surface area contributed by atoms with Crippen LogP contribution in [0.2, 0.25) is 0 Å². The number of nitrogens with one attached hydrogen (secondary N) is 3. The molecular weight excluding hydrogens is 506 g/mol. The minimum Gasteiger partial charge on any atom is -0.497 e. The molecule has 10 heteroatoms. The van der Waals surface area contributed by atoms with E-state index in [1.165, 1.54) is 50.6 Å². The molecule has 208 valence electrons. The van der Waals surface area contributed by atoms with Gasteiger partial charge in [-0.3, -0.25) is 14.8 Å². The molecule has 0 saturated heterocycles. The first-order valence-corrected chi connectivity index (χ1v) is 14.4. The minimum absolute atomic E-state index is 0.0398. The Labute approximate surface area is 225 Å². The number of sulfone groups is 1. The number of benzene rings is 2. The van der Waals surface area contributed by atoms with Crippen molar-refractivity contribution in [2.45, 2.75) is 70.2 Å². The quantitative estimate of drug-likeness (QED) is 0.109. The number of hydrogen-bond acceptors (Lipinski definition) is 7. The van der Waals surface area contributed by atoms with Crippen LogP contribution in [0.4, 0.5) is 5.69 Å². The van der Waals surface area contributed by atoms with Crippen LogP contribution < -0.4 is 20.9 Å². The summed E-state index contributed by atoms with van der Waals surface area (Å²) >= 11 is 0. The van der Waals surface area contributed by atoms with Crippen molar-refractivity contribution in [1.82, 2.24) is 10.8 Å². The lowest BCUT2D eigenvalue weighted by molar-refractivity contribution is -0.117. The third-order valence-electron chi connectivity index (χ3n) is 6.12. The Bertz CT molecular complexity index is 1210. The van der Waals surface area contributed by atoms with Gasteiger partial charge in [0.2, 0.25) is 5.91 Å². The summed E-state index contributed by atoms with van der Waals surface area (Å²) < 4.78 is 30.7. The van der Waals surface area contributed by atoms with E-state index in [1.807, 2.05) is 6.92 Å². The topological polar surface area (TPSA) is 134 Å². The Kier molecular flexibility index (Phi) is 12.3. The van der Waals surface area contributed by atoms with Crippen LogP contribution in [-0.2, 0) is 14.6 Å². The third kappa shape index (κ3) is 9.50. The van der Waals surface area contributed by atoms with Gasteiger partial charge in [0.05, 0.1) is 23.3 Å². The highest BCUT2D eigenvalue weighted by Gasteiger charge is 2.19. The number of rotatable bonds is 15. The van der Waals surface area contributed by atoms with Crippen molar-refractivity contribution in [1.29, 1.82) is 0 Å². The lowest BCUT2D eigenvalue weighted by Gasteiger charge is -2.16. The molecule has 2 amide bonds. The van der Waals surface area contributed by atoms with Crippen LogP contribution in [0.5, 0.6) is 5.75 Å². The van der Waals surface area contributed by atoms with Crippen molar-refractivity contribution in [2.75, 3.05) is 18.3 Å². The lowest BCUT2D eigenvalue weighted by Crippen LogP contribution is -2.30. The Balaban J connectivity index is 2.11. The number of aryl methyl sites for hydroxylation is 1. The lowest BCUT2D eigenvalue weighted by atomic mass is 10.0. The Hall–Kier alpha value is -3.37. The van der Waals surface area contributed by atoms with Crippen LogP contribution in [0.25, 0.3) is 6.08 Å². The van der Waals surface area contributed by atoms with Gasteiger partial charge in [-0.05, 0) is 73.9 Å². The summed E-state index contributed by atoms with van der Waals surface area (Å²) in [5, 5.41) is 15.0. The fourth-order valence-corrected chi connectivity index (χ4v) is 5.06. The van der Waals surface area contributed by atoms with E-state index >= 15 is 0 Å². The maximum atomic E-state index is 12.8. The maximum absolute atomic E-state index is 12.8. The van der Waals surface area contributed by atoms with Crippen molar-refractivity contribution in [3.8, 4) is 5.75 Å². The second-order valence-electron chi connectivity index (χ2n) is 9.26. The number of hydrogen-bond donors (Lipinski definition) is 4. The fraction of sp³-hybridized carbons (Fsp3) is 0.429. The van der Waals surface area contributed by atoms with Gasteiger partial charge in [-0.2, -0.15) is 0 Å². The van der Waals surface area contributed by atoms with E-state index in [2.05, 4.69) is 17.6 Å². The van der Waals surface area contributed by atoms with Gasteiger partial charge in [-0.25, -0.2) is 13.9 Å². The SMILES string of the molecule is CCCCCCCC(C)NC(=O)C=Cc1cc(C)c(NCS(=O)(=O)c2ccc(OC)cc2)c(C(=O)NO)c1. The summed E-state index contributed by atoms with van der Waals surface area (Å²) in [5.74, 6) is -0.998. The average molecular weight is 546 g/mol. The fourth-order valence-electron chi connectivity index (χ4n) is 4.01. The molecule has 0 spiro atoms. The molecule has 2 rings (SSSR count). The number of carbonyl (C=O) groups is 2. The molecule has 0 saturated carbocycles. The monoisotopic (exact) mass is 545 g/mol. The van der Waals surface area contributed by atoms with Gasteiger partial charge in [-0.1, -0.05) is 39.0 Å². The minimum atomic E-state index is -3.73. The van der Waals surface area contributed by atoms with Crippen molar-refractivity contribution in [3.05, 3.63) is 59.2 Å². The largest absolute Gasteiger partial charge is 0.497 e. The summed E-state index contributed by atoms with van der Waals surface area (Å²) in [6, 6.07) is 9.22. The second-order valence-corrected chi connectivity index (χ2v) is 11.2. The van der Waals surface area contributed by atoms with Crippen LogP contribution in [0.15, 0.2) is 47.4 Å². The van der Waals surface area contributed by atoms with Gasteiger partial charge in [0.15, 0.2) is 9.84 Å². The highest BCUT2D eigenvalue weighted by molar-refractivity contribution is 7.91. The van der Waals surface area contributed by atoms with Crippen LogP contribution in [0.1, 0.15) is 73.9 Å². The normalized spacial score (nSPS) is 12.2. The molecule has 0 aliphatic heterocycles. The van der Waals surface area contributed by atoms with Crippen molar-refractivity contribution < 1.29 is 28.0 Å². The maximum Gasteiger partial charge on any atom is 0.276 e. The van der Waals surface area contributed by atoms with Crippen molar-refractivity contribution in [2.24, 2.45) is 0 Å². The first-order chi connectivity index (χ1) is 18.1. The molecule has 1 unspecified atom stereocenters. The predicted octanol–water partition coefficient (Wildman–Crippen LogP) is 4.84. The van der Waals surface area contributed by atoms with Crippen LogP contribution in [-0.4, -0.2) is 44.5 Å². The Morgan fingerprint density at radius 3 is 2.39 bits per heavy atom. The molecule has 0 aliphatic carbocycles. The third-order valence-corrected chi connectivity index (χ3v) is 7.63. The predicted molar refractivity (Wildman–Crippen MR) is 149 cm³/mol. The number of anilines is 1. The van der Waals surface area contributed by atoms with E-state index in [4.69, 9.17) is 4.74 Å². The summed E-state index contributed by atoms with van der Waals surface area (Å²) in [6.07, 6.45) is 9.71. The summed E-state index contributed by atoms with van der Waals surface area (Å²) in [7, 11) is -2.24. The van der Waals surface area contributed by atoms with E-state index < -0.39 is 21.6 Å². The number of hydroxylamine groups is 1. The molecule has 0 aliphatic rings. The smallest absolute Gasteiger partial charge is 0.276 e. The van der Waals surface area contributed by atoms with E-state index in [9.17, 15) is 23.2 Å². The molecular formula is C28H39N3O6S. The van der Waals surface area contributed by atoms with Gasteiger partial charge in [0.25, 0.3) is 5.91 Å². The molecule has 0 heterocycles. The molecule has 4 N–H and O–H groups in total. The Morgan fingerprint density at radius 1 is 1.08 bits per heavy atom. The average Bonchev–Trinajstić information content (AvgIpc) is 2.90. The van der Waals surface area contributed by atoms with Gasteiger partial charge in [0, 0.05) is 12.1 Å². The zero-order chi connectivity index (χ0) is 28.1. The zero-order valence-corrected chi connectivity index (χ0v) is 23.4. The van der Waals surface area contributed by atoms with Gasteiger partial charge >= 0.3 is 0 Å². The highest BCUT2D eigenvalue weighted by Crippen LogP contribution is 2.25. The van der Waals surface area contributed by atoms with E-state index in [0.29, 0.717) is 16.9 Å². The van der Waals surface area contributed by atoms with Gasteiger partial charge < -0.3 is 15.4 Å². The molecule has 2 aromatic carbocycles. The van der Waals surface area contributed by atoms with E-state index in [1.54, 1.807) is 36.7 Å². The van der Waals surface area contributed by atoms with Gasteiger partial charge in [0.1, 0.15) is 11.6 Å². The standard InChI is InChI=1S/C28H39N3O6S/c1-5-6-7-8-9-10-21(3)30-26(32)16-11-22-17-20(2)27(25(18-22)28(33)31-34)29-19-38(35,36)24-14-12-23(37-4)13-15-24/h11-18,21,29,34H,5-10,19H2,1-4H3,(H,30,32)(H,31,33). The molecule has 9 nitrogen and oxygen atoms in total. The highest BCUT2D eigenvalue weighted by atomic mass is 32.2. The molecule has 0 bridgehead atoms. The number of unbranched alkanes of at least 4 members (excludes halogenated alkanes) is 4. The molecule has 1 atom stereocenters. The molecule has 2 aromatic rings. The molecule has 0 aromatic heterocycles. The number of ether oxygens (including phenoxy) is 1. The Morgan fingerprint density at radius 2 is 1.76 bits per heavy atom. The second kappa shape index (κ2) is 15.1. The molecule has 0 fully saturated rings. The van der Waals surface area contributed by atoms with E-state index in [-0.39, 0.29) is 28.1 Å². The van der Waals surface area contributed by atoms with Crippen LogP contribution in [0.3, 0.4) is 0 Å². The number of carbonyl (C=O) groups excluding carboxylic acids is 2. The number of amides is 2. The summed E-state index contributed by atoms with van der Waals surface area (Å²) in [4.78, 5) is 24.9. The van der Waals surface area contributed by atoms with Crippen molar-refractivity contribution >= 4 is 33.4 Å². The van der Waals surface area contributed by atoms with Crippen LogP contribution in [0, 0.1) is 6.92 Å². The molecule has 38 heavy (non-hydrogen) atoms. The van der Waals surface area contributed by atoms with Crippen molar-refractivity contribution in [3.63, 3.8) is 0 Å². The zero-order valence-electron chi connectivity index (χ0n) is 22.5. The summed E-state index contributed by atoms with van der Waals surface area (Å²) in [5.41, 5.74) is 3.01. The number of methoxy groups -OCH3 is 1. The van der Waals surface area contributed by atoms with Gasteiger partial charge in [-0.15, -0.1) is 0 Å². The van der Waals surface area contributed by atoms with Crippen LogP contribution >= 0.6 is 0 Å². The first-order valence-electron chi connectivity index (χ1n) is 12.8. The molecule has 0 radical (unpaired) electrons. The van der Waals surface area contributed by atoms with E-state index in [0.717, 1.165) is 19.3 Å². The first kappa shape index (κ1) is 30.9. The summed E-state index contributed by atoms with van der Waals surface area (Å²) in [6.45, 7) is 5.85.